The number of rotatable bonds is 5. The molecule has 1 unspecified atom stereocenters. The van der Waals surface area contributed by atoms with E-state index < -0.39 is 11.7 Å². The first-order valence-corrected chi connectivity index (χ1v) is 5.89. The molecule has 0 aliphatic heterocycles. The number of halogens is 2. The Morgan fingerprint density at radius 1 is 1.59 bits per heavy atom. The summed E-state index contributed by atoms with van der Waals surface area (Å²) in [5, 5.41) is 11.9. The third-order valence-corrected chi connectivity index (χ3v) is 2.93. The smallest absolute Gasteiger partial charge is 0.258 e. The molecule has 1 atom stereocenters. The lowest BCUT2D eigenvalue weighted by Crippen LogP contribution is -2.27. The van der Waals surface area contributed by atoms with Crippen LogP contribution in [-0.2, 0) is 0 Å². The lowest BCUT2D eigenvalue weighted by molar-refractivity contribution is 0.0946. The van der Waals surface area contributed by atoms with Crippen molar-refractivity contribution in [1.29, 1.82) is 0 Å². The van der Waals surface area contributed by atoms with Crippen LogP contribution in [-0.4, -0.2) is 22.9 Å². The number of amides is 1. The lowest BCUT2D eigenvalue weighted by Gasteiger charge is -2.09. The Kier molecular flexibility index (Phi) is 5.22. The molecular formula is C12H15ClFNO2. The van der Waals surface area contributed by atoms with Crippen LogP contribution in [0.1, 0.15) is 30.1 Å². The van der Waals surface area contributed by atoms with Crippen LogP contribution in [0, 0.1) is 5.82 Å². The minimum Gasteiger partial charge on any atom is -0.507 e. The van der Waals surface area contributed by atoms with Crippen LogP contribution in [0.25, 0.3) is 0 Å². The minimum atomic E-state index is -0.736. The van der Waals surface area contributed by atoms with E-state index in [2.05, 4.69) is 5.32 Å². The Hall–Kier alpha value is -1.29. The topological polar surface area (TPSA) is 49.3 Å². The predicted molar refractivity (Wildman–Crippen MR) is 64.9 cm³/mol. The zero-order chi connectivity index (χ0) is 12.8. The summed E-state index contributed by atoms with van der Waals surface area (Å²) in [5.41, 5.74) is -0.324. The van der Waals surface area contributed by atoms with Gasteiger partial charge in [0.25, 0.3) is 5.91 Å². The highest BCUT2D eigenvalue weighted by Crippen LogP contribution is 2.19. The van der Waals surface area contributed by atoms with Crippen LogP contribution in [0.5, 0.6) is 5.75 Å². The van der Waals surface area contributed by atoms with Crippen molar-refractivity contribution in [1.82, 2.24) is 5.32 Å². The molecule has 0 aromatic heterocycles. The molecule has 1 aromatic rings. The second-order valence-corrected chi connectivity index (χ2v) is 4.30. The van der Waals surface area contributed by atoms with E-state index in [9.17, 15) is 14.3 Å². The molecule has 1 rings (SSSR count). The zero-order valence-electron chi connectivity index (χ0n) is 9.54. The summed E-state index contributed by atoms with van der Waals surface area (Å²) in [6, 6.07) is 3.74. The third kappa shape index (κ3) is 3.89. The molecule has 0 spiro atoms. The molecule has 0 aliphatic rings. The molecule has 3 nitrogen and oxygen atoms in total. The number of carbonyl (C=O) groups is 1. The normalized spacial score (nSPS) is 12.2. The highest BCUT2D eigenvalue weighted by atomic mass is 35.5. The second-order valence-electron chi connectivity index (χ2n) is 3.68. The quantitative estimate of drug-likeness (QED) is 0.799. The number of aromatic hydroxyl groups is 1. The van der Waals surface area contributed by atoms with Crippen molar-refractivity contribution in [3.05, 3.63) is 29.6 Å². The van der Waals surface area contributed by atoms with E-state index in [1.54, 1.807) is 0 Å². The summed E-state index contributed by atoms with van der Waals surface area (Å²) >= 11 is 5.88. The number of hydrogen-bond acceptors (Lipinski definition) is 2. The van der Waals surface area contributed by atoms with Crippen LogP contribution in [0.15, 0.2) is 18.2 Å². The molecule has 0 bridgehead atoms. The maximum absolute atomic E-state index is 13.3. The van der Waals surface area contributed by atoms with Crippen molar-refractivity contribution in [2.45, 2.75) is 25.1 Å². The summed E-state index contributed by atoms with van der Waals surface area (Å²) in [6.45, 7) is 2.30. The van der Waals surface area contributed by atoms with Gasteiger partial charge in [-0.1, -0.05) is 13.0 Å². The second kappa shape index (κ2) is 6.45. The van der Waals surface area contributed by atoms with E-state index in [1.165, 1.54) is 12.1 Å². The summed E-state index contributed by atoms with van der Waals surface area (Å²) in [6.07, 6.45) is 1.42. The molecule has 1 aromatic carbocycles. The fourth-order valence-electron chi connectivity index (χ4n) is 1.37. The summed E-state index contributed by atoms with van der Waals surface area (Å²) in [5.74, 6) is -1.72. The predicted octanol–water partition coefficient (Wildman–Crippen LogP) is 2.67. The van der Waals surface area contributed by atoms with Gasteiger partial charge in [-0.15, -0.1) is 11.6 Å². The zero-order valence-corrected chi connectivity index (χ0v) is 10.3. The van der Waals surface area contributed by atoms with Crippen LogP contribution in [0.4, 0.5) is 4.39 Å². The van der Waals surface area contributed by atoms with Gasteiger partial charge in [0.2, 0.25) is 0 Å². The minimum absolute atomic E-state index is 0.00971. The Bertz CT molecular complexity index is 378. The van der Waals surface area contributed by atoms with E-state index in [0.29, 0.717) is 13.0 Å². The van der Waals surface area contributed by atoms with Gasteiger partial charge >= 0.3 is 0 Å². The van der Waals surface area contributed by atoms with Gasteiger partial charge in [0, 0.05) is 11.9 Å². The lowest BCUT2D eigenvalue weighted by atomic mass is 10.1. The molecular weight excluding hydrogens is 245 g/mol. The van der Waals surface area contributed by atoms with Crippen LogP contribution in [0.3, 0.4) is 0 Å². The molecule has 94 valence electrons. The summed E-state index contributed by atoms with van der Waals surface area (Å²) in [7, 11) is 0. The van der Waals surface area contributed by atoms with E-state index >= 15 is 0 Å². The number of nitrogens with one attached hydrogen (secondary N) is 1. The molecule has 0 radical (unpaired) electrons. The molecule has 0 saturated carbocycles. The first-order valence-electron chi connectivity index (χ1n) is 5.46. The molecule has 17 heavy (non-hydrogen) atoms. The van der Waals surface area contributed by atoms with Gasteiger partial charge in [-0.05, 0) is 25.0 Å². The first kappa shape index (κ1) is 13.8. The van der Waals surface area contributed by atoms with E-state index in [1.807, 2.05) is 6.92 Å². The molecule has 2 N–H and O–H groups in total. The standard InChI is InChI=1S/C12H15ClFNO2/c1-2-8(13)6-7-15-12(17)11-9(14)4-3-5-10(11)16/h3-5,8,16H,2,6-7H2,1H3,(H,15,17). The Balaban J connectivity index is 2.59. The highest BCUT2D eigenvalue weighted by Gasteiger charge is 2.16. The SMILES string of the molecule is CCC(Cl)CCNC(=O)c1c(O)cccc1F. The largest absolute Gasteiger partial charge is 0.507 e. The van der Waals surface area contributed by atoms with Gasteiger partial charge in [0.05, 0.1) is 0 Å². The van der Waals surface area contributed by atoms with Crippen LogP contribution in [0.2, 0.25) is 0 Å². The molecule has 0 saturated heterocycles. The fraction of sp³-hybridized carbons (Fsp3) is 0.417. The number of benzene rings is 1. The van der Waals surface area contributed by atoms with Crippen LogP contribution >= 0.6 is 11.6 Å². The number of phenols is 1. The Morgan fingerprint density at radius 2 is 2.29 bits per heavy atom. The van der Waals surface area contributed by atoms with Gasteiger partial charge in [-0.3, -0.25) is 4.79 Å². The third-order valence-electron chi connectivity index (χ3n) is 2.40. The Labute approximate surface area is 105 Å². The van der Waals surface area contributed by atoms with Crippen molar-refractivity contribution in [2.75, 3.05) is 6.54 Å². The van der Waals surface area contributed by atoms with E-state index in [0.717, 1.165) is 12.5 Å². The maximum atomic E-state index is 13.3. The first-order chi connectivity index (χ1) is 8.06. The van der Waals surface area contributed by atoms with Gasteiger partial charge in [-0.2, -0.15) is 0 Å². The van der Waals surface area contributed by atoms with Crippen molar-refractivity contribution in [2.24, 2.45) is 0 Å². The molecule has 0 fully saturated rings. The number of hydrogen-bond donors (Lipinski definition) is 2. The Morgan fingerprint density at radius 3 is 2.88 bits per heavy atom. The maximum Gasteiger partial charge on any atom is 0.258 e. The van der Waals surface area contributed by atoms with Crippen molar-refractivity contribution < 1.29 is 14.3 Å². The van der Waals surface area contributed by atoms with Crippen molar-refractivity contribution >= 4 is 17.5 Å². The van der Waals surface area contributed by atoms with Crippen molar-refractivity contribution in [3.8, 4) is 5.75 Å². The van der Waals surface area contributed by atoms with E-state index in [4.69, 9.17) is 11.6 Å². The van der Waals surface area contributed by atoms with Gasteiger partial charge in [-0.25, -0.2) is 4.39 Å². The van der Waals surface area contributed by atoms with Gasteiger partial charge in [0.15, 0.2) is 0 Å². The van der Waals surface area contributed by atoms with Gasteiger partial charge in [0.1, 0.15) is 17.1 Å². The number of phenolic OH excluding ortho intramolecular Hbond substituents is 1. The van der Waals surface area contributed by atoms with Crippen molar-refractivity contribution in [3.63, 3.8) is 0 Å². The van der Waals surface area contributed by atoms with Crippen LogP contribution < -0.4 is 5.32 Å². The molecule has 0 heterocycles. The van der Waals surface area contributed by atoms with E-state index in [-0.39, 0.29) is 16.7 Å². The van der Waals surface area contributed by atoms with Gasteiger partial charge < -0.3 is 10.4 Å². The number of alkyl halides is 1. The molecule has 0 aliphatic carbocycles. The summed E-state index contributed by atoms with van der Waals surface area (Å²) < 4.78 is 13.3. The molecule has 5 heteroatoms. The number of carbonyl (C=O) groups excluding carboxylic acids is 1. The average molecular weight is 260 g/mol. The highest BCUT2D eigenvalue weighted by molar-refractivity contribution is 6.20. The fourth-order valence-corrected chi connectivity index (χ4v) is 1.48. The monoisotopic (exact) mass is 259 g/mol. The average Bonchev–Trinajstić information content (AvgIpc) is 2.28. The summed E-state index contributed by atoms with van der Waals surface area (Å²) in [4.78, 5) is 11.6. The molecule has 1 amide bonds.